The SMILES string of the molecule is CCOC(=O)c1ccc(C(=O)NCCNC(=O)c2cn(-c3ccccc3)nc2C(F)(F)F)cn1. The summed E-state index contributed by atoms with van der Waals surface area (Å²) in [5.74, 6) is -2.14. The summed E-state index contributed by atoms with van der Waals surface area (Å²) in [7, 11) is 0. The molecule has 0 unspecified atom stereocenters. The van der Waals surface area contributed by atoms with E-state index in [0.717, 1.165) is 10.9 Å². The number of amides is 2. The number of nitrogens with one attached hydrogen (secondary N) is 2. The van der Waals surface area contributed by atoms with E-state index in [1.54, 1.807) is 37.3 Å². The molecule has 3 rings (SSSR count). The fourth-order valence-electron chi connectivity index (χ4n) is 2.87. The summed E-state index contributed by atoms with van der Waals surface area (Å²) in [4.78, 5) is 40.0. The molecule has 12 heteroatoms. The van der Waals surface area contributed by atoms with Crippen LogP contribution in [0.25, 0.3) is 5.69 Å². The van der Waals surface area contributed by atoms with E-state index >= 15 is 0 Å². The molecule has 0 radical (unpaired) electrons. The highest BCUT2D eigenvalue weighted by Crippen LogP contribution is 2.31. The maximum absolute atomic E-state index is 13.4. The Morgan fingerprint density at radius 3 is 2.26 bits per heavy atom. The molecule has 0 aliphatic rings. The van der Waals surface area contributed by atoms with E-state index in [-0.39, 0.29) is 31.0 Å². The zero-order valence-electron chi connectivity index (χ0n) is 17.9. The van der Waals surface area contributed by atoms with Gasteiger partial charge >= 0.3 is 12.1 Å². The molecule has 9 nitrogen and oxygen atoms in total. The van der Waals surface area contributed by atoms with Crippen LogP contribution in [0.3, 0.4) is 0 Å². The summed E-state index contributed by atoms with van der Waals surface area (Å²) in [5.41, 5.74) is -1.39. The zero-order chi connectivity index (χ0) is 24.7. The minimum Gasteiger partial charge on any atom is -0.461 e. The highest BCUT2D eigenvalue weighted by molar-refractivity contribution is 5.96. The van der Waals surface area contributed by atoms with Gasteiger partial charge in [-0.25, -0.2) is 14.5 Å². The van der Waals surface area contributed by atoms with Gasteiger partial charge in [-0.1, -0.05) is 18.2 Å². The fraction of sp³-hybridized carbons (Fsp3) is 0.227. The number of carbonyl (C=O) groups is 3. The van der Waals surface area contributed by atoms with Crippen molar-refractivity contribution in [3.63, 3.8) is 0 Å². The predicted molar refractivity (Wildman–Crippen MR) is 113 cm³/mol. The van der Waals surface area contributed by atoms with Crippen LogP contribution in [0.15, 0.2) is 54.9 Å². The Balaban J connectivity index is 1.58. The molecule has 34 heavy (non-hydrogen) atoms. The number of para-hydroxylation sites is 1. The molecule has 0 saturated carbocycles. The van der Waals surface area contributed by atoms with Crippen molar-refractivity contribution in [2.24, 2.45) is 0 Å². The number of esters is 1. The van der Waals surface area contributed by atoms with Crippen LogP contribution >= 0.6 is 0 Å². The molecule has 0 saturated heterocycles. The van der Waals surface area contributed by atoms with Crippen molar-refractivity contribution in [3.05, 3.63) is 77.4 Å². The number of aromatic nitrogens is 3. The van der Waals surface area contributed by atoms with Crippen LogP contribution in [-0.2, 0) is 10.9 Å². The molecule has 0 spiro atoms. The molecular weight excluding hydrogens is 455 g/mol. The van der Waals surface area contributed by atoms with Crippen LogP contribution in [0.1, 0.15) is 43.8 Å². The molecule has 2 N–H and O–H groups in total. The maximum atomic E-state index is 13.4. The molecule has 0 fully saturated rings. The van der Waals surface area contributed by atoms with Crippen LogP contribution in [0.4, 0.5) is 13.2 Å². The molecule has 2 aromatic heterocycles. The Morgan fingerprint density at radius 1 is 1.00 bits per heavy atom. The van der Waals surface area contributed by atoms with E-state index in [0.29, 0.717) is 5.69 Å². The molecule has 2 heterocycles. The third kappa shape index (κ3) is 5.97. The number of benzene rings is 1. The number of rotatable bonds is 8. The lowest BCUT2D eigenvalue weighted by atomic mass is 10.2. The quantitative estimate of drug-likeness (QED) is 0.382. The summed E-state index contributed by atoms with van der Waals surface area (Å²) in [6.45, 7) is 1.65. The lowest BCUT2D eigenvalue weighted by molar-refractivity contribution is -0.141. The number of ether oxygens (including phenoxy) is 1. The normalized spacial score (nSPS) is 11.1. The number of hydrogen-bond acceptors (Lipinski definition) is 6. The summed E-state index contributed by atoms with van der Waals surface area (Å²) in [5, 5.41) is 8.36. The molecule has 178 valence electrons. The summed E-state index contributed by atoms with van der Waals surface area (Å²) < 4.78 is 46.0. The summed E-state index contributed by atoms with van der Waals surface area (Å²) in [6, 6.07) is 10.8. The molecule has 0 bridgehead atoms. The molecule has 0 aliphatic carbocycles. The second-order valence-electron chi connectivity index (χ2n) is 6.83. The zero-order valence-corrected chi connectivity index (χ0v) is 17.9. The highest BCUT2D eigenvalue weighted by atomic mass is 19.4. The third-order valence-corrected chi connectivity index (χ3v) is 4.45. The van der Waals surface area contributed by atoms with Crippen LogP contribution in [0.2, 0.25) is 0 Å². The average molecular weight is 475 g/mol. The number of alkyl halides is 3. The van der Waals surface area contributed by atoms with Crippen molar-refractivity contribution in [3.8, 4) is 5.69 Å². The Hall–Kier alpha value is -4.22. The van der Waals surface area contributed by atoms with Gasteiger partial charge in [-0.2, -0.15) is 18.3 Å². The van der Waals surface area contributed by atoms with Gasteiger partial charge in [-0.05, 0) is 31.2 Å². The second-order valence-corrected chi connectivity index (χ2v) is 6.83. The highest BCUT2D eigenvalue weighted by Gasteiger charge is 2.39. The van der Waals surface area contributed by atoms with E-state index in [2.05, 4.69) is 20.7 Å². The lowest BCUT2D eigenvalue weighted by Crippen LogP contribution is -2.35. The van der Waals surface area contributed by atoms with Crippen molar-refractivity contribution < 1.29 is 32.3 Å². The first-order chi connectivity index (χ1) is 16.2. The Labute approximate surface area is 191 Å². The molecule has 1 aromatic carbocycles. The van der Waals surface area contributed by atoms with Crippen molar-refractivity contribution in [1.82, 2.24) is 25.4 Å². The number of carbonyl (C=O) groups excluding carboxylic acids is 3. The van der Waals surface area contributed by atoms with Crippen LogP contribution in [0.5, 0.6) is 0 Å². The van der Waals surface area contributed by atoms with E-state index in [4.69, 9.17) is 4.74 Å². The average Bonchev–Trinajstić information content (AvgIpc) is 3.29. The van der Waals surface area contributed by atoms with Gasteiger partial charge in [-0.3, -0.25) is 9.59 Å². The van der Waals surface area contributed by atoms with Gasteiger partial charge in [0, 0.05) is 25.5 Å². The molecule has 3 aromatic rings. The van der Waals surface area contributed by atoms with Crippen LogP contribution < -0.4 is 10.6 Å². The number of hydrogen-bond donors (Lipinski definition) is 2. The first-order valence-corrected chi connectivity index (χ1v) is 10.1. The van der Waals surface area contributed by atoms with Crippen molar-refractivity contribution in [2.75, 3.05) is 19.7 Å². The molecule has 2 amide bonds. The van der Waals surface area contributed by atoms with Gasteiger partial charge in [0.1, 0.15) is 5.69 Å². The van der Waals surface area contributed by atoms with Gasteiger partial charge in [-0.15, -0.1) is 0 Å². The summed E-state index contributed by atoms with van der Waals surface area (Å²) in [6.07, 6.45) is -2.64. The second kappa shape index (κ2) is 10.6. The Morgan fingerprint density at radius 2 is 1.68 bits per heavy atom. The predicted octanol–water partition coefficient (Wildman–Crippen LogP) is 2.62. The van der Waals surface area contributed by atoms with Gasteiger partial charge in [0.15, 0.2) is 5.69 Å². The van der Waals surface area contributed by atoms with E-state index < -0.39 is 35.2 Å². The van der Waals surface area contributed by atoms with Crippen molar-refractivity contribution in [2.45, 2.75) is 13.1 Å². The van der Waals surface area contributed by atoms with E-state index in [1.807, 2.05) is 0 Å². The van der Waals surface area contributed by atoms with Gasteiger partial charge in [0.2, 0.25) is 0 Å². The third-order valence-electron chi connectivity index (χ3n) is 4.45. The van der Waals surface area contributed by atoms with Crippen LogP contribution in [0, 0.1) is 0 Å². The Bertz CT molecular complexity index is 1160. The summed E-state index contributed by atoms with van der Waals surface area (Å²) >= 11 is 0. The lowest BCUT2D eigenvalue weighted by Gasteiger charge is -2.08. The van der Waals surface area contributed by atoms with Gasteiger partial charge in [0.25, 0.3) is 11.8 Å². The number of pyridine rings is 1. The first-order valence-electron chi connectivity index (χ1n) is 10.1. The standard InChI is InChI=1S/C22H20F3N5O4/c1-2-34-21(33)17-9-8-14(12-28-17)19(31)26-10-11-27-20(32)16-13-30(15-6-4-3-5-7-15)29-18(16)22(23,24)25/h3-9,12-13H,2,10-11H2,1H3,(H,26,31)(H,27,32). The Kier molecular flexibility index (Phi) is 7.61. The van der Waals surface area contributed by atoms with Gasteiger partial charge in [0.05, 0.1) is 23.4 Å². The van der Waals surface area contributed by atoms with Crippen LogP contribution in [-0.4, -0.2) is 52.2 Å². The van der Waals surface area contributed by atoms with E-state index in [9.17, 15) is 27.6 Å². The molecular formula is C22H20F3N5O4. The molecule has 0 aliphatic heterocycles. The maximum Gasteiger partial charge on any atom is 0.435 e. The number of nitrogens with zero attached hydrogens (tertiary/aromatic N) is 3. The minimum atomic E-state index is -4.83. The smallest absolute Gasteiger partial charge is 0.435 e. The first kappa shape index (κ1) is 24.4. The molecule has 0 atom stereocenters. The minimum absolute atomic E-state index is 0.0437. The van der Waals surface area contributed by atoms with Gasteiger partial charge < -0.3 is 15.4 Å². The monoisotopic (exact) mass is 475 g/mol. The topological polar surface area (TPSA) is 115 Å². The number of halogens is 3. The van der Waals surface area contributed by atoms with Crippen molar-refractivity contribution >= 4 is 17.8 Å². The largest absolute Gasteiger partial charge is 0.461 e. The van der Waals surface area contributed by atoms with E-state index in [1.165, 1.54) is 18.3 Å². The van der Waals surface area contributed by atoms with Crippen molar-refractivity contribution in [1.29, 1.82) is 0 Å². The fourth-order valence-corrected chi connectivity index (χ4v) is 2.87.